The van der Waals surface area contributed by atoms with Crippen molar-refractivity contribution in [2.75, 3.05) is 29.2 Å². The zero-order valence-corrected chi connectivity index (χ0v) is 19.5. The van der Waals surface area contributed by atoms with Crippen molar-refractivity contribution in [3.63, 3.8) is 0 Å². The lowest BCUT2D eigenvalue weighted by molar-refractivity contribution is -0.115. The Morgan fingerprint density at radius 2 is 1.79 bits per heavy atom. The van der Waals surface area contributed by atoms with Gasteiger partial charge in [0.2, 0.25) is 5.91 Å². The van der Waals surface area contributed by atoms with Crippen molar-refractivity contribution in [1.29, 1.82) is 0 Å². The van der Waals surface area contributed by atoms with E-state index in [-0.39, 0.29) is 22.2 Å². The SMILES string of the molecule is O=C(Nc1ccccc1C1SCC(=O)N1c1ccc2c(c1)OCCO2)c1ccc(Cl)cc1Cl. The number of para-hydroxylation sites is 1. The number of amides is 2. The predicted molar refractivity (Wildman–Crippen MR) is 131 cm³/mol. The maximum Gasteiger partial charge on any atom is 0.257 e. The summed E-state index contributed by atoms with van der Waals surface area (Å²) in [6.07, 6.45) is 0. The largest absolute Gasteiger partial charge is 0.486 e. The molecule has 2 aliphatic rings. The fraction of sp³-hybridized carbons (Fsp3) is 0.167. The van der Waals surface area contributed by atoms with Gasteiger partial charge in [-0.05, 0) is 36.4 Å². The second-order valence-corrected chi connectivity index (χ2v) is 9.33. The number of rotatable bonds is 4. The van der Waals surface area contributed by atoms with Crippen molar-refractivity contribution in [1.82, 2.24) is 0 Å². The molecule has 33 heavy (non-hydrogen) atoms. The Bertz CT molecular complexity index is 1250. The number of carbonyl (C=O) groups is 2. The van der Waals surface area contributed by atoms with Crippen LogP contribution in [0.2, 0.25) is 10.0 Å². The first-order valence-electron chi connectivity index (χ1n) is 10.2. The van der Waals surface area contributed by atoms with Crippen molar-refractivity contribution < 1.29 is 19.1 Å². The summed E-state index contributed by atoms with van der Waals surface area (Å²) in [4.78, 5) is 27.5. The number of benzene rings is 3. The molecule has 6 nitrogen and oxygen atoms in total. The maximum absolute atomic E-state index is 12.9. The molecule has 0 aliphatic carbocycles. The van der Waals surface area contributed by atoms with Crippen LogP contribution in [0.1, 0.15) is 21.3 Å². The van der Waals surface area contributed by atoms with Gasteiger partial charge in [-0.3, -0.25) is 14.5 Å². The lowest BCUT2D eigenvalue weighted by atomic mass is 10.1. The summed E-state index contributed by atoms with van der Waals surface area (Å²) in [6.45, 7) is 0.961. The highest BCUT2D eigenvalue weighted by atomic mass is 35.5. The Morgan fingerprint density at radius 3 is 2.61 bits per heavy atom. The van der Waals surface area contributed by atoms with Gasteiger partial charge in [-0.1, -0.05) is 41.4 Å². The molecule has 3 aromatic rings. The van der Waals surface area contributed by atoms with Gasteiger partial charge in [0.25, 0.3) is 5.91 Å². The zero-order valence-electron chi connectivity index (χ0n) is 17.2. The zero-order chi connectivity index (χ0) is 22.9. The molecule has 168 valence electrons. The molecule has 1 unspecified atom stereocenters. The standard InChI is InChI=1S/C24H18Cl2N2O4S/c25-14-5-7-16(18(26)11-14)23(30)27-19-4-2-1-3-17(19)24-28(22(29)13-33-24)15-6-8-20-21(12-15)32-10-9-31-20/h1-8,11-12,24H,9-10,13H2,(H,27,30). The molecular weight excluding hydrogens is 483 g/mol. The number of ether oxygens (including phenoxy) is 2. The number of anilines is 2. The second-order valence-electron chi connectivity index (χ2n) is 7.42. The first-order chi connectivity index (χ1) is 16.0. The number of halogens is 2. The molecule has 0 bridgehead atoms. The van der Waals surface area contributed by atoms with Gasteiger partial charge in [0, 0.05) is 28.0 Å². The van der Waals surface area contributed by atoms with Crippen LogP contribution in [-0.4, -0.2) is 30.8 Å². The van der Waals surface area contributed by atoms with E-state index < -0.39 is 0 Å². The van der Waals surface area contributed by atoms with E-state index >= 15 is 0 Å². The van der Waals surface area contributed by atoms with E-state index in [0.29, 0.717) is 52.4 Å². The van der Waals surface area contributed by atoms with Crippen LogP contribution in [0.3, 0.4) is 0 Å². The highest BCUT2D eigenvalue weighted by Gasteiger charge is 2.36. The minimum absolute atomic E-state index is 0.0245. The molecular formula is C24H18Cl2N2O4S. The van der Waals surface area contributed by atoms with E-state index in [1.54, 1.807) is 17.0 Å². The number of nitrogens with one attached hydrogen (secondary N) is 1. The summed E-state index contributed by atoms with van der Waals surface area (Å²) in [6, 6.07) is 17.6. The Kier molecular flexibility index (Phi) is 6.10. The number of hydrogen-bond acceptors (Lipinski definition) is 5. The number of hydrogen-bond donors (Lipinski definition) is 1. The maximum atomic E-state index is 12.9. The summed E-state index contributed by atoms with van der Waals surface area (Å²) in [5.74, 6) is 1.21. The van der Waals surface area contributed by atoms with Crippen molar-refractivity contribution in [2.24, 2.45) is 0 Å². The van der Waals surface area contributed by atoms with Gasteiger partial charge in [-0.25, -0.2) is 0 Å². The molecule has 1 fully saturated rings. The molecule has 1 saturated heterocycles. The van der Waals surface area contributed by atoms with Crippen LogP contribution in [0.4, 0.5) is 11.4 Å². The molecule has 0 spiro atoms. The third-order valence-electron chi connectivity index (χ3n) is 5.32. The predicted octanol–water partition coefficient (Wildman–Crippen LogP) is 5.80. The lowest BCUT2D eigenvalue weighted by Gasteiger charge is -2.27. The molecule has 0 aromatic heterocycles. The van der Waals surface area contributed by atoms with Crippen LogP contribution in [0.15, 0.2) is 60.7 Å². The van der Waals surface area contributed by atoms with Gasteiger partial charge in [-0.15, -0.1) is 11.8 Å². The van der Waals surface area contributed by atoms with E-state index in [9.17, 15) is 9.59 Å². The molecule has 5 rings (SSSR count). The molecule has 1 atom stereocenters. The Hall–Kier alpha value is -2.87. The van der Waals surface area contributed by atoms with E-state index in [0.717, 1.165) is 5.56 Å². The van der Waals surface area contributed by atoms with Crippen molar-refractivity contribution in [3.05, 3.63) is 81.8 Å². The van der Waals surface area contributed by atoms with Gasteiger partial charge < -0.3 is 14.8 Å². The monoisotopic (exact) mass is 500 g/mol. The summed E-state index contributed by atoms with van der Waals surface area (Å²) in [7, 11) is 0. The van der Waals surface area contributed by atoms with E-state index in [1.165, 1.54) is 17.8 Å². The third-order valence-corrected chi connectivity index (χ3v) is 7.06. The van der Waals surface area contributed by atoms with Gasteiger partial charge >= 0.3 is 0 Å². The molecule has 9 heteroatoms. The smallest absolute Gasteiger partial charge is 0.257 e. The fourth-order valence-electron chi connectivity index (χ4n) is 3.80. The Labute approximate surface area is 204 Å². The Balaban J connectivity index is 1.46. The van der Waals surface area contributed by atoms with Gasteiger partial charge in [0.05, 0.1) is 16.3 Å². The van der Waals surface area contributed by atoms with Crippen LogP contribution in [0, 0.1) is 0 Å². The van der Waals surface area contributed by atoms with Crippen molar-refractivity contribution in [3.8, 4) is 11.5 Å². The molecule has 2 heterocycles. The first-order valence-corrected chi connectivity index (χ1v) is 12.0. The first kappa shape index (κ1) is 21.9. The summed E-state index contributed by atoms with van der Waals surface area (Å²) in [5.41, 5.74) is 2.43. The lowest BCUT2D eigenvalue weighted by Crippen LogP contribution is -2.28. The van der Waals surface area contributed by atoms with E-state index in [2.05, 4.69) is 5.32 Å². The number of carbonyl (C=O) groups excluding carboxylic acids is 2. The molecule has 1 N–H and O–H groups in total. The summed E-state index contributed by atoms with van der Waals surface area (Å²) >= 11 is 13.7. The number of fused-ring (bicyclic) bond motifs is 1. The molecule has 3 aromatic carbocycles. The average molecular weight is 501 g/mol. The Morgan fingerprint density at radius 1 is 1.00 bits per heavy atom. The van der Waals surface area contributed by atoms with Crippen molar-refractivity contribution >= 4 is 58.2 Å². The van der Waals surface area contributed by atoms with Gasteiger partial charge in [-0.2, -0.15) is 0 Å². The number of nitrogens with zero attached hydrogens (tertiary/aromatic N) is 1. The normalized spacial score (nSPS) is 17.2. The quantitative estimate of drug-likeness (QED) is 0.490. The second kappa shape index (κ2) is 9.17. The van der Waals surface area contributed by atoms with Gasteiger partial charge in [0.15, 0.2) is 11.5 Å². The highest BCUT2D eigenvalue weighted by molar-refractivity contribution is 8.00. The van der Waals surface area contributed by atoms with Crippen molar-refractivity contribution in [2.45, 2.75) is 5.37 Å². The molecule has 2 amide bonds. The van der Waals surface area contributed by atoms with E-state index in [1.807, 2.05) is 42.5 Å². The van der Waals surface area contributed by atoms with Crippen LogP contribution in [0.25, 0.3) is 0 Å². The van der Waals surface area contributed by atoms with Crippen LogP contribution in [0.5, 0.6) is 11.5 Å². The van der Waals surface area contributed by atoms with Crippen LogP contribution < -0.4 is 19.7 Å². The van der Waals surface area contributed by atoms with Crippen LogP contribution in [-0.2, 0) is 4.79 Å². The minimum atomic E-state index is -0.357. The summed E-state index contributed by atoms with van der Waals surface area (Å²) < 4.78 is 11.3. The third kappa shape index (κ3) is 4.36. The summed E-state index contributed by atoms with van der Waals surface area (Å²) in [5, 5.41) is 3.33. The van der Waals surface area contributed by atoms with E-state index in [4.69, 9.17) is 32.7 Å². The molecule has 2 aliphatic heterocycles. The molecule has 0 radical (unpaired) electrons. The van der Waals surface area contributed by atoms with Crippen LogP contribution >= 0.6 is 35.0 Å². The highest BCUT2D eigenvalue weighted by Crippen LogP contribution is 2.46. The average Bonchev–Trinajstić information content (AvgIpc) is 3.20. The van der Waals surface area contributed by atoms with Gasteiger partial charge in [0.1, 0.15) is 18.6 Å². The number of thioether (sulfide) groups is 1. The minimum Gasteiger partial charge on any atom is -0.486 e. The topological polar surface area (TPSA) is 67.9 Å². The molecule has 0 saturated carbocycles. The fourth-order valence-corrected chi connectivity index (χ4v) is 5.51.